The lowest BCUT2D eigenvalue weighted by atomic mass is 10.1. The summed E-state index contributed by atoms with van der Waals surface area (Å²) in [4.78, 5) is 49.5. The van der Waals surface area contributed by atoms with Gasteiger partial charge in [0.25, 0.3) is 5.91 Å². The van der Waals surface area contributed by atoms with Gasteiger partial charge >= 0.3 is 0 Å². The van der Waals surface area contributed by atoms with Crippen LogP contribution in [0.15, 0.2) is 88.8 Å². The number of nitrogens with zero attached hydrogens (tertiary/aromatic N) is 3. The number of methoxy groups -OCH3 is 1. The van der Waals surface area contributed by atoms with Gasteiger partial charge in [0.15, 0.2) is 5.17 Å². The van der Waals surface area contributed by atoms with E-state index in [0.717, 1.165) is 17.3 Å². The van der Waals surface area contributed by atoms with E-state index in [1.165, 1.54) is 12.0 Å². The first-order valence-electron chi connectivity index (χ1n) is 12.5. The Kier molecular flexibility index (Phi) is 8.02. The van der Waals surface area contributed by atoms with Gasteiger partial charge in [-0.05, 0) is 36.2 Å². The van der Waals surface area contributed by atoms with E-state index in [4.69, 9.17) is 4.74 Å². The number of hydrogen-bond acceptors (Lipinski definition) is 7. The summed E-state index contributed by atoms with van der Waals surface area (Å²) < 4.78 is 5.29. The lowest BCUT2D eigenvalue weighted by molar-refractivity contribution is -0.128. The molecule has 9 nitrogen and oxygen atoms in total. The molecular weight excluding hydrogens is 514 g/mol. The van der Waals surface area contributed by atoms with Gasteiger partial charge in [-0.25, -0.2) is 9.89 Å². The molecule has 10 heteroatoms. The first-order valence-corrected chi connectivity index (χ1v) is 13.5. The maximum absolute atomic E-state index is 13.4. The molecule has 0 aliphatic carbocycles. The second kappa shape index (κ2) is 12.0. The molecule has 2 heterocycles. The van der Waals surface area contributed by atoms with Crippen molar-refractivity contribution in [3.63, 3.8) is 0 Å². The van der Waals surface area contributed by atoms with E-state index >= 15 is 0 Å². The monoisotopic (exact) mass is 541 g/mol. The van der Waals surface area contributed by atoms with Gasteiger partial charge in [0.2, 0.25) is 11.8 Å². The van der Waals surface area contributed by atoms with E-state index in [1.54, 1.807) is 18.2 Å². The highest BCUT2D eigenvalue weighted by Crippen LogP contribution is 2.34. The number of carbonyl (C=O) groups is 3. The van der Waals surface area contributed by atoms with Gasteiger partial charge in [0.1, 0.15) is 17.6 Å². The van der Waals surface area contributed by atoms with Crippen LogP contribution in [0, 0.1) is 0 Å². The molecule has 0 spiro atoms. The summed E-state index contributed by atoms with van der Waals surface area (Å²) in [5, 5.41) is 6.06. The summed E-state index contributed by atoms with van der Waals surface area (Å²) in [5.41, 5.74) is 3.04. The molecule has 0 aromatic heterocycles. The van der Waals surface area contributed by atoms with Crippen LogP contribution in [0.5, 0.6) is 5.75 Å². The number of amidine groups is 2. The minimum absolute atomic E-state index is 0.0146. The quantitative estimate of drug-likeness (QED) is 0.428. The molecule has 0 saturated heterocycles. The van der Waals surface area contributed by atoms with Crippen molar-refractivity contribution in [2.45, 2.75) is 18.9 Å². The van der Waals surface area contributed by atoms with Crippen molar-refractivity contribution < 1.29 is 19.1 Å². The number of nitrogens with one attached hydrogen (secondary N) is 2. The highest BCUT2D eigenvalue weighted by molar-refractivity contribution is 8.14. The number of hydrogen-bond donors (Lipinski definition) is 2. The van der Waals surface area contributed by atoms with Gasteiger partial charge in [-0.1, -0.05) is 66.4 Å². The number of benzene rings is 3. The van der Waals surface area contributed by atoms with Crippen LogP contribution in [0.3, 0.4) is 0 Å². The summed E-state index contributed by atoms with van der Waals surface area (Å²) >= 11 is 1.14. The van der Waals surface area contributed by atoms with Gasteiger partial charge in [0, 0.05) is 12.1 Å². The minimum atomic E-state index is -0.865. The Labute approximate surface area is 230 Å². The molecule has 39 heavy (non-hydrogen) atoms. The molecule has 0 unspecified atom stereocenters. The third kappa shape index (κ3) is 6.01. The summed E-state index contributed by atoms with van der Waals surface area (Å²) in [7, 11) is 1.54. The number of fused-ring (bicyclic) bond motifs is 3. The van der Waals surface area contributed by atoms with E-state index in [9.17, 15) is 14.4 Å². The maximum Gasteiger partial charge on any atom is 0.259 e. The van der Waals surface area contributed by atoms with Crippen molar-refractivity contribution in [1.82, 2.24) is 10.2 Å². The Bertz CT molecular complexity index is 1460. The summed E-state index contributed by atoms with van der Waals surface area (Å²) in [6.45, 7) is 0.469. The molecule has 198 valence electrons. The topological polar surface area (TPSA) is 112 Å². The average molecular weight is 542 g/mol. The van der Waals surface area contributed by atoms with E-state index in [1.807, 2.05) is 60.7 Å². The standard InChI is InChI=1S/C29H27N5O4S/c1-38-24-14-8-7-13-22(24)31-26(36)18-39-29-33-21-12-6-5-11-20(21)27-32-23(28(37)34(27)29)17-25(35)30-16-15-19-9-3-2-4-10-19/h2-14,23H,15-18H2,1H3,(H,30,35)(H,31,36)/t23-/m0/s1. The largest absolute Gasteiger partial charge is 0.495 e. The predicted molar refractivity (Wildman–Crippen MR) is 153 cm³/mol. The molecule has 0 radical (unpaired) electrons. The molecule has 3 aromatic carbocycles. The number of anilines is 1. The Morgan fingerprint density at radius 1 is 0.974 bits per heavy atom. The Balaban J connectivity index is 1.25. The highest BCUT2D eigenvalue weighted by Gasteiger charge is 2.42. The first kappa shape index (κ1) is 26.2. The van der Waals surface area contributed by atoms with Crippen molar-refractivity contribution in [3.05, 3.63) is 90.0 Å². The molecule has 5 rings (SSSR count). The molecule has 2 N–H and O–H groups in total. The number of ether oxygens (including phenoxy) is 1. The number of para-hydroxylation sites is 3. The van der Waals surface area contributed by atoms with Crippen molar-refractivity contribution in [2.24, 2.45) is 9.98 Å². The Morgan fingerprint density at radius 2 is 1.72 bits per heavy atom. The summed E-state index contributed by atoms with van der Waals surface area (Å²) in [6.07, 6.45) is 0.631. The van der Waals surface area contributed by atoms with Crippen LogP contribution in [0.4, 0.5) is 11.4 Å². The lowest BCUT2D eigenvalue weighted by Gasteiger charge is -2.25. The summed E-state index contributed by atoms with van der Waals surface area (Å²) in [5.74, 6) is 0.152. The molecule has 1 atom stereocenters. The molecule has 0 saturated carbocycles. The molecule has 3 amide bonds. The van der Waals surface area contributed by atoms with Gasteiger partial charge < -0.3 is 15.4 Å². The number of rotatable bonds is 9. The van der Waals surface area contributed by atoms with Crippen LogP contribution in [-0.2, 0) is 20.8 Å². The fourth-order valence-electron chi connectivity index (χ4n) is 4.33. The van der Waals surface area contributed by atoms with Crippen LogP contribution < -0.4 is 15.4 Å². The number of carbonyl (C=O) groups excluding carboxylic acids is 3. The zero-order valence-corrected chi connectivity index (χ0v) is 22.1. The predicted octanol–water partition coefficient (Wildman–Crippen LogP) is 3.77. The Hall–Kier alpha value is -4.44. The van der Waals surface area contributed by atoms with E-state index in [0.29, 0.717) is 46.7 Å². The first-order chi connectivity index (χ1) is 19.0. The molecular formula is C29H27N5O4S. The van der Waals surface area contributed by atoms with Crippen molar-refractivity contribution in [2.75, 3.05) is 24.7 Å². The molecule has 0 bridgehead atoms. The second-order valence-corrected chi connectivity index (χ2v) is 9.82. The van der Waals surface area contributed by atoms with Gasteiger partial charge in [-0.3, -0.25) is 19.4 Å². The normalized spacial score (nSPS) is 15.6. The fourth-order valence-corrected chi connectivity index (χ4v) is 5.14. The van der Waals surface area contributed by atoms with Crippen molar-refractivity contribution in [1.29, 1.82) is 0 Å². The van der Waals surface area contributed by atoms with E-state index in [-0.39, 0.29) is 29.9 Å². The minimum Gasteiger partial charge on any atom is -0.495 e. The number of amides is 3. The van der Waals surface area contributed by atoms with Gasteiger partial charge in [-0.2, -0.15) is 0 Å². The fraction of sp³-hybridized carbons (Fsp3) is 0.207. The molecule has 2 aliphatic rings. The average Bonchev–Trinajstić information content (AvgIpc) is 3.28. The van der Waals surface area contributed by atoms with Crippen molar-refractivity contribution >= 4 is 51.9 Å². The van der Waals surface area contributed by atoms with E-state index in [2.05, 4.69) is 20.6 Å². The molecule has 0 fully saturated rings. The SMILES string of the molecule is COc1ccccc1NC(=O)CSC1=Nc2ccccc2C2=N[C@@H](CC(=O)NCCc3ccccc3)C(=O)N12. The third-order valence-corrected chi connectivity index (χ3v) is 7.16. The van der Waals surface area contributed by atoms with Gasteiger partial charge in [0.05, 0.1) is 30.7 Å². The zero-order valence-electron chi connectivity index (χ0n) is 21.3. The van der Waals surface area contributed by atoms with Crippen LogP contribution >= 0.6 is 11.8 Å². The lowest BCUT2D eigenvalue weighted by Crippen LogP contribution is -2.42. The smallest absolute Gasteiger partial charge is 0.259 e. The Morgan fingerprint density at radius 3 is 2.54 bits per heavy atom. The number of aliphatic imine (C=N–C) groups is 2. The van der Waals surface area contributed by atoms with Gasteiger partial charge in [-0.15, -0.1) is 0 Å². The van der Waals surface area contributed by atoms with Crippen LogP contribution in [-0.4, -0.2) is 59.1 Å². The summed E-state index contributed by atoms with van der Waals surface area (Å²) in [6, 6.07) is 23.5. The maximum atomic E-state index is 13.4. The van der Waals surface area contributed by atoms with Crippen molar-refractivity contribution in [3.8, 4) is 5.75 Å². The second-order valence-electron chi connectivity index (χ2n) is 8.88. The molecule has 3 aromatic rings. The van der Waals surface area contributed by atoms with Crippen LogP contribution in [0.1, 0.15) is 17.5 Å². The van der Waals surface area contributed by atoms with Crippen LogP contribution in [0.2, 0.25) is 0 Å². The zero-order chi connectivity index (χ0) is 27.2. The molecule has 2 aliphatic heterocycles. The van der Waals surface area contributed by atoms with Crippen LogP contribution in [0.25, 0.3) is 0 Å². The number of thioether (sulfide) groups is 1. The van der Waals surface area contributed by atoms with E-state index < -0.39 is 6.04 Å². The third-order valence-electron chi connectivity index (χ3n) is 6.22. The highest BCUT2D eigenvalue weighted by atomic mass is 32.2.